The van der Waals surface area contributed by atoms with E-state index in [0.29, 0.717) is 6.61 Å². The van der Waals surface area contributed by atoms with Gasteiger partial charge in [-0.3, -0.25) is 4.90 Å². The Balaban J connectivity index is 2.28. The predicted octanol–water partition coefficient (Wildman–Crippen LogP) is 2.29. The first-order chi connectivity index (χ1) is 8.76. The Bertz CT molecular complexity index is 335. The fraction of sp³-hybridized carbons (Fsp3) is 0.467. The third-order valence-corrected chi connectivity index (χ3v) is 2.68. The molecule has 0 saturated carbocycles. The molecule has 0 heterocycles. The van der Waals surface area contributed by atoms with Crippen molar-refractivity contribution in [2.75, 3.05) is 33.3 Å². The van der Waals surface area contributed by atoms with Crippen molar-refractivity contribution in [2.24, 2.45) is 0 Å². The van der Waals surface area contributed by atoms with Crippen molar-refractivity contribution < 1.29 is 4.74 Å². The van der Waals surface area contributed by atoms with E-state index in [4.69, 9.17) is 4.74 Å². The Hall–Kier alpha value is -1.32. The second kappa shape index (κ2) is 8.72. The minimum atomic E-state index is 0.705. The van der Waals surface area contributed by atoms with Gasteiger partial charge in [0, 0.05) is 19.6 Å². The molecule has 0 saturated heterocycles. The number of nitrogens with zero attached hydrogens (tertiary/aromatic N) is 1. The third kappa shape index (κ3) is 5.84. The fourth-order valence-corrected chi connectivity index (χ4v) is 1.60. The van der Waals surface area contributed by atoms with Gasteiger partial charge in [-0.05, 0) is 31.3 Å². The number of hydrogen-bond donors (Lipinski definition) is 1. The van der Waals surface area contributed by atoms with E-state index in [9.17, 15) is 0 Å². The molecule has 100 valence electrons. The molecule has 0 atom stereocenters. The van der Waals surface area contributed by atoms with E-state index in [1.54, 1.807) is 0 Å². The average Bonchev–Trinajstić information content (AvgIpc) is 2.38. The largest absolute Gasteiger partial charge is 0.492 e. The highest BCUT2D eigenvalue weighted by Gasteiger charge is 1.98. The van der Waals surface area contributed by atoms with Crippen molar-refractivity contribution in [1.29, 1.82) is 0 Å². The van der Waals surface area contributed by atoms with Gasteiger partial charge in [0.25, 0.3) is 0 Å². The molecule has 1 aromatic carbocycles. The quantitative estimate of drug-likeness (QED) is 0.679. The van der Waals surface area contributed by atoms with E-state index in [-0.39, 0.29) is 0 Å². The molecule has 0 aliphatic carbocycles. The van der Waals surface area contributed by atoms with E-state index in [2.05, 4.69) is 42.9 Å². The van der Waals surface area contributed by atoms with E-state index >= 15 is 0 Å². The first kappa shape index (κ1) is 14.7. The highest BCUT2D eigenvalue weighted by Crippen LogP contribution is 2.11. The van der Waals surface area contributed by atoms with Crippen molar-refractivity contribution in [3.63, 3.8) is 0 Å². The summed E-state index contributed by atoms with van der Waals surface area (Å²) in [5, 5.41) is 3.30. The van der Waals surface area contributed by atoms with Crippen LogP contribution in [-0.2, 0) is 6.54 Å². The van der Waals surface area contributed by atoms with Crippen LogP contribution in [0.3, 0.4) is 0 Å². The Kier molecular flexibility index (Phi) is 7.14. The van der Waals surface area contributed by atoms with Gasteiger partial charge in [0.05, 0.1) is 0 Å². The maximum absolute atomic E-state index is 5.69. The Morgan fingerprint density at radius 1 is 1.33 bits per heavy atom. The number of ether oxygens (including phenoxy) is 1. The standard InChI is InChI=1S/C15H24N2O/c1-4-10-17(3)11-12-18-15-8-6-14(7-9-15)13-16-5-2/h4,6-9,16H,1,5,10-13H2,2-3H3. The van der Waals surface area contributed by atoms with Crippen LogP contribution in [0.2, 0.25) is 0 Å². The third-order valence-electron chi connectivity index (χ3n) is 2.68. The summed E-state index contributed by atoms with van der Waals surface area (Å²) >= 11 is 0. The number of likely N-dealkylation sites (N-methyl/N-ethyl adjacent to an activating group) is 1. The molecule has 0 bridgehead atoms. The summed E-state index contributed by atoms with van der Waals surface area (Å²) in [4.78, 5) is 2.17. The normalized spacial score (nSPS) is 10.6. The topological polar surface area (TPSA) is 24.5 Å². The lowest BCUT2D eigenvalue weighted by Crippen LogP contribution is -2.24. The molecule has 0 spiro atoms. The lowest BCUT2D eigenvalue weighted by atomic mass is 10.2. The summed E-state index contributed by atoms with van der Waals surface area (Å²) in [5.41, 5.74) is 1.29. The van der Waals surface area contributed by atoms with Gasteiger partial charge in [-0.15, -0.1) is 6.58 Å². The summed E-state index contributed by atoms with van der Waals surface area (Å²) < 4.78 is 5.69. The minimum absolute atomic E-state index is 0.705. The van der Waals surface area contributed by atoms with Crippen LogP contribution in [0.4, 0.5) is 0 Å². The number of hydrogen-bond acceptors (Lipinski definition) is 3. The van der Waals surface area contributed by atoms with Crippen LogP contribution < -0.4 is 10.1 Å². The Morgan fingerprint density at radius 2 is 2.06 bits per heavy atom. The van der Waals surface area contributed by atoms with Crippen molar-refractivity contribution in [3.05, 3.63) is 42.5 Å². The Morgan fingerprint density at radius 3 is 2.67 bits per heavy atom. The molecule has 18 heavy (non-hydrogen) atoms. The highest BCUT2D eigenvalue weighted by molar-refractivity contribution is 5.27. The average molecular weight is 248 g/mol. The van der Waals surface area contributed by atoms with Gasteiger partial charge < -0.3 is 10.1 Å². The second-order valence-corrected chi connectivity index (χ2v) is 4.32. The molecule has 3 heteroatoms. The molecule has 0 aromatic heterocycles. The van der Waals surface area contributed by atoms with Crippen LogP contribution in [0.1, 0.15) is 12.5 Å². The maximum atomic E-state index is 5.69. The second-order valence-electron chi connectivity index (χ2n) is 4.32. The van der Waals surface area contributed by atoms with E-state index in [1.165, 1.54) is 5.56 Å². The van der Waals surface area contributed by atoms with Gasteiger partial charge in [0.1, 0.15) is 12.4 Å². The molecule has 0 aliphatic heterocycles. The van der Waals surface area contributed by atoms with Crippen LogP contribution in [0, 0.1) is 0 Å². The zero-order valence-electron chi connectivity index (χ0n) is 11.5. The SMILES string of the molecule is C=CCN(C)CCOc1ccc(CNCC)cc1. The van der Waals surface area contributed by atoms with Gasteiger partial charge in [0.2, 0.25) is 0 Å². The minimum Gasteiger partial charge on any atom is -0.492 e. The van der Waals surface area contributed by atoms with Crippen molar-refractivity contribution >= 4 is 0 Å². The van der Waals surface area contributed by atoms with Crippen LogP contribution >= 0.6 is 0 Å². The summed E-state index contributed by atoms with van der Waals surface area (Å²) in [6.07, 6.45) is 1.90. The summed E-state index contributed by atoms with van der Waals surface area (Å²) in [7, 11) is 2.06. The molecule has 0 aliphatic rings. The fourth-order valence-electron chi connectivity index (χ4n) is 1.60. The number of nitrogens with one attached hydrogen (secondary N) is 1. The van der Waals surface area contributed by atoms with Crippen molar-refractivity contribution in [1.82, 2.24) is 10.2 Å². The zero-order valence-corrected chi connectivity index (χ0v) is 11.5. The summed E-state index contributed by atoms with van der Waals surface area (Å²) in [6, 6.07) is 8.26. The van der Waals surface area contributed by atoms with E-state index in [1.807, 2.05) is 18.2 Å². The van der Waals surface area contributed by atoms with Gasteiger partial charge in [-0.1, -0.05) is 25.1 Å². The zero-order chi connectivity index (χ0) is 13.2. The maximum Gasteiger partial charge on any atom is 0.119 e. The van der Waals surface area contributed by atoms with Gasteiger partial charge in [0.15, 0.2) is 0 Å². The molecule has 0 fully saturated rings. The van der Waals surface area contributed by atoms with Crippen molar-refractivity contribution in [2.45, 2.75) is 13.5 Å². The van der Waals surface area contributed by atoms with E-state index < -0.39 is 0 Å². The summed E-state index contributed by atoms with van der Waals surface area (Å²) in [6.45, 7) is 10.2. The first-order valence-corrected chi connectivity index (χ1v) is 6.48. The van der Waals surface area contributed by atoms with E-state index in [0.717, 1.165) is 31.9 Å². The summed E-state index contributed by atoms with van der Waals surface area (Å²) in [5.74, 6) is 0.933. The van der Waals surface area contributed by atoms with Crippen LogP contribution in [0.5, 0.6) is 5.75 Å². The molecule has 0 unspecified atom stereocenters. The molecular weight excluding hydrogens is 224 g/mol. The number of rotatable bonds is 9. The molecule has 0 radical (unpaired) electrons. The van der Waals surface area contributed by atoms with Gasteiger partial charge in [-0.2, -0.15) is 0 Å². The van der Waals surface area contributed by atoms with Gasteiger partial charge in [-0.25, -0.2) is 0 Å². The monoisotopic (exact) mass is 248 g/mol. The lowest BCUT2D eigenvalue weighted by Gasteiger charge is -2.14. The highest BCUT2D eigenvalue weighted by atomic mass is 16.5. The van der Waals surface area contributed by atoms with Crippen LogP contribution in [-0.4, -0.2) is 38.2 Å². The van der Waals surface area contributed by atoms with Crippen LogP contribution in [0.25, 0.3) is 0 Å². The molecule has 3 nitrogen and oxygen atoms in total. The molecular formula is C15H24N2O. The van der Waals surface area contributed by atoms with Crippen molar-refractivity contribution in [3.8, 4) is 5.75 Å². The molecule has 1 rings (SSSR count). The number of benzene rings is 1. The Labute approximate surface area is 110 Å². The first-order valence-electron chi connectivity index (χ1n) is 6.48. The predicted molar refractivity (Wildman–Crippen MR) is 77.0 cm³/mol. The van der Waals surface area contributed by atoms with Crippen LogP contribution in [0.15, 0.2) is 36.9 Å². The smallest absolute Gasteiger partial charge is 0.119 e. The lowest BCUT2D eigenvalue weighted by molar-refractivity contribution is 0.249. The van der Waals surface area contributed by atoms with Gasteiger partial charge >= 0.3 is 0 Å². The molecule has 1 N–H and O–H groups in total. The molecule has 1 aromatic rings. The molecule has 0 amide bonds.